The second-order valence-corrected chi connectivity index (χ2v) is 4.54. The summed E-state index contributed by atoms with van der Waals surface area (Å²) in [5, 5.41) is 3.63. The van der Waals surface area contributed by atoms with Crippen molar-refractivity contribution in [1.82, 2.24) is 10.1 Å². The molecule has 0 saturated carbocycles. The topological polar surface area (TPSA) is 38.9 Å². The third-order valence-electron chi connectivity index (χ3n) is 1.18. The Hall–Kier alpha value is 0.01000. The Balaban J connectivity index is 2.77. The van der Waals surface area contributed by atoms with Gasteiger partial charge >= 0.3 is 0 Å². The zero-order valence-electron chi connectivity index (χ0n) is 6.35. The molecule has 0 aliphatic heterocycles. The number of hydrogen-bond acceptors (Lipinski definition) is 3. The lowest BCUT2D eigenvalue weighted by Crippen LogP contribution is -2.00. The summed E-state index contributed by atoms with van der Waals surface area (Å²) in [5.74, 6) is 0.592. The van der Waals surface area contributed by atoms with Gasteiger partial charge in [-0.25, -0.2) is 0 Å². The lowest BCUT2D eigenvalue weighted by Gasteiger charge is -2.01. The highest BCUT2D eigenvalue weighted by Crippen LogP contribution is 2.36. The molecule has 0 atom stereocenters. The van der Waals surface area contributed by atoms with Gasteiger partial charge in [-0.3, -0.25) is 0 Å². The molecule has 0 aliphatic rings. The van der Waals surface area contributed by atoms with Crippen LogP contribution in [0.15, 0.2) is 4.52 Å². The molecule has 0 spiro atoms. The Kier molecular flexibility index (Phi) is 3.21. The third-order valence-corrected chi connectivity index (χ3v) is 1.67. The summed E-state index contributed by atoms with van der Waals surface area (Å²) in [4.78, 5) is 3.90. The van der Waals surface area contributed by atoms with E-state index in [1.165, 1.54) is 0 Å². The van der Waals surface area contributed by atoms with Crippen molar-refractivity contribution >= 4 is 34.8 Å². The van der Waals surface area contributed by atoms with E-state index in [9.17, 15) is 0 Å². The van der Waals surface area contributed by atoms with Crippen molar-refractivity contribution in [3.05, 3.63) is 11.7 Å². The van der Waals surface area contributed by atoms with E-state index < -0.39 is 3.79 Å². The minimum absolute atomic E-state index is 0.0240. The molecule has 0 aliphatic carbocycles. The van der Waals surface area contributed by atoms with E-state index in [0.717, 1.165) is 12.8 Å². The van der Waals surface area contributed by atoms with Crippen LogP contribution in [0.5, 0.6) is 0 Å². The molecule has 0 bridgehead atoms. The van der Waals surface area contributed by atoms with E-state index >= 15 is 0 Å². The van der Waals surface area contributed by atoms with Gasteiger partial charge in [0.1, 0.15) is 0 Å². The molecule has 0 aromatic carbocycles. The molecule has 0 fully saturated rings. The summed E-state index contributed by atoms with van der Waals surface area (Å²) in [6, 6.07) is 0. The van der Waals surface area contributed by atoms with Crippen LogP contribution >= 0.6 is 34.8 Å². The van der Waals surface area contributed by atoms with Crippen molar-refractivity contribution in [3.63, 3.8) is 0 Å². The minimum atomic E-state index is -1.61. The largest absolute Gasteiger partial charge is 0.335 e. The van der Waals surface area contributed by atoms with Gasteiger partial charge in [0.25, 0.3) is 9.68 Å². The van der Waals surface area contributed by atoms with Crippen molar-refractivity contribution < 1.29 is 4.52 Å². The molecular formula is C6H7Cl3N2O. The summed E-state index contributed by atoms with van der Waals surface area (Å²) >= 11 is 16.5. The first-order valence-electron chi connectivity index (χ1n) is 3.44. The standard InChI is InChI=1S/C6H7Cl3N2O/c1-2-3-4-10-5(12-11-4)6(7,8)9/h2-3H2,1H3. The predicted octanol–water partition coefficient (Wildman–Crippen LogP) is 2.85. The van der Waals surface area contributed by atoms with Crippen LogP contribution in [0.1, 0.15) is 25.1 Å². The number of hydrogen-bond donors (Lipinski definition) is 0. The monoisotopic (exact) mass is 228 g/mol. The Labute approximate surface area is 85.0 Å². The van der Waals surface area contributed by atoms with E-state index in [2.05, 4.69) is 10.1 Å². The number of rotatable bonds is 2. The molecule has 1 aromatic rings. The summed E-state index contributed by atoms with van der Waals surface area (Å²) in [6.07, 6.45) is 1.66. The van der Waals surface area contributed by atoms with Crippen LogP contribution in [0.4, 0.5) is 0 Å². The summed E-state index contributed by atoms with van der Waals surface area (Å²) in [5.41, 5.74) is 0. The zero-order valence-corrected chi connectivity index (χ0v) is 8.62. The second kappa shape index (κ2) is 3.81. The van der Waals surface area contributed by atoms with E-state index in [4.69, 9.17) is 39.3 Å². The maximum Gasteiger partial charge on any atom is 0.278 e. The fraction of sp³-hybridized carbons (Fsp3) is 0.667. The fourth-order valence-corrected chi connectivity index (χ4v) is 0.925. The molecule has 0 N–H and O–H groups in total. The molecule has 0 saturated heterocycles. The van der Waals surface area contributed by atoms with Crippen molar-refractivity contribution in [2.75, 3.05) is 0 Å². The molecule has 1 heterocycles. The lowest BCUT2D eigenvalue weighted by molar-refractivity contribution is 0.376. The van der Waals surface area contributed by atoms with Crippen LogP contribution < -0.4 is 0 Å². The van der Waals surface area contributed by atoms with Gasteiger partial charge in [-0.1, -0.05) is 46.9 Å². The first-order chi connectivity index (χ1) is 5.54. The molecule has 0 unspecified atom stereocenters. The van der Waals surface area contributed by atoms with Gasteiger partial charge < -0.3 is 4.52 Å². The smallest absolute Gasteiger partial charge is 0.278 e. The van der Waals surface area contributed by atoms with Crippen molar-refractivity contribution in [2.24, 2.45) is 0 Å². The van der Waals surface area contributed by atoms with Crippen molar-refractivity contribution in [3.8, 4) is 0 Å². The molecule has 0 amide bonds. The van der Waals surface area contributed by atoms with Crippen LogP contribution in [-0.4, -0.2) is 10.1 Å². The number of nitrogens with zero attached hydrogens (tertiary/aromatic N) is 2. The number of aromatic nitrogens is 2. The minimum Gasteiger partial charge on any atom is -0.335 e. The first kappa shape index (κ1) is 10.1. The second-order valence-electron chi connectivity index (χ2n) is 2.26. The van der Waals surface area contributed by atoms with Gasteiger partial charge in [0.2, 0.25) is 0 Å². The van der Waals surface area contributed by atoms with E-state index in [1.807, 2.05) is 6.92 Å². The fourth-order valence-electron chi connectivity index (χ4n) is 0.694. The highest BCUT2D eigenvalue weighted by Gasteiger charge is 2.30. The Morgan fingerprint density at radius 2 is 2.08 bits per heavy atom. The van der Waals surface area contributed by atoms with Crippen LogP contribution in [0.2, 0.25) is 0 Å². The van der Waals surface area contributed by atoms with Crippen molar-refractivity contribution in [2.45, 2.75) is 23.6 Å². The average Bonchev–Trinajstić information content (AvgIpc) is 2.35. The molecule has 1 rings (SSSR count). The highest BCUT2D eigenvalue weighted by atomic mass is 35.6. The van der Waals surface area contributed by atoms with Gasteiger partial charge in [-0.05, 0) is 6.42 Å². The van der Waals surface area contributed by atoms with Crippen LogP contribution in [0.3, 0.4) is 0 Å². The highest BCUT2D eigenvalue weighted by molar-refractivity contribution is 6.66. The Morgan fingerprint density at radius 1 is 1.42 bits per heavy atom. The van der Waals surface area contributed by atoms with E-state index in [-0.39, 0.29) is 5.89 Å². The number of halogens is 3. The lowest BCUT2D eigenvalue weighted by atomic mass is 10.3. The molecule has 1 aromatic heterocycles. The molecule has 12 heavy (non-hydrogen) atoms. The molecule has 68 valence electrons. The quantitative estimate of drug-likeness (QED) is 0.732. The van der Waals surface area contributed by atoms with E-state index in [0.29, 0.717) is 5.82 Å². The predicted molar refractivity (Wildman–Crippen MR) is 47.5 cm³/mol. The molecular weight excluding hydrogens is 222 g/mol. The summed E-state index contributed by atoms with van der Waals surface area (Å²) in [6.45, 7) is 2.01. The van der Waals surface area contributed by atoms with Gasteiger partial charge in [0.15, 0.2) is 5.82 Å². The SMILES string of the molecule is CCCc1noc(C(Cl)(Cl)Cl)n1. The van der Waals surface area contributed by atoms with Crippen LogP contribution in [-0.2, 0) is 10.2 Å². The maximum atomic E-state index is 5.51. The maximum absolute atomic E-state index is 5.51. The van der Waals surface area contributed by atoms with Gasteiger partial charge in [-0.15, -0.1) is 0 Å². The normalized spacial score (nSPS) is 12.0. The summed E-state index contributed by atoms with van der Waals surface area (Å²) < 4.78 is 3.11. The molecule has 3 nitrogen and oxygen atoms in total. The number of aryl methyl sites for hydroxylation is 1. The van der Waals surface area contributed by atoms with Gasteiger partial charge in [0.05, 0.1) is 0 Å². The van der Waals surface area contributed by atoms with Gasteiger partial charge in [-0.2, -0.15) is 4.98 Å². The zero-order chi connectivity index (χ0) is 9.19. The summed E-state index contributed by atoms with van der Waals surface area (Å²) in [7, 11) is 0. The Bertz CT molecular complexity index is 256. The van der Waals surface area contributed by atoms with E-state index in [1.54, 1.807) is 0 Å². The third kappa shape index (κ3) is 2.51. The molecule has 0 radical (unpaired) electrons. The average molecular weight is 229 g/mol. The van der Waals surface area contributed by atoms with Crippen LogP contribution in [0.25, 0.3) is 0 Å². The van der Waals surface area contributed by atoms with Gasteiger partial charge in [0, 0.05) is 6.42 Å². The van der Waals surface area contributed by atoms with Crippen molar-refractivity contribution in [1.29, 1.82) is 0 Å². The molecule has 6 heteroatoms. The number of alkyl halides is 3. The first-order valence-corrected chi connectivity index (χ1v) is 4.57. The van der Waals surface area contributed by atoms with Crippen LogP contribution in [0, 0.1) is 0 Å². The Morgan fingerprint density at radius 3 is 2.50 bits per heavy atom.